The maximum atomic E-state index is 12.4. The molecule has 1 heterocycles. The van der Waals surface area contributed by atoms with Crippen LogP contribution in [0, 0.1) is 0 Å². The number of phenolic OH excluding ortho intramolecular Hbond substituents is 1. The molecule has 24 heavy (non-hydrogen) atoms. The van der Waals surface area contributed by atoms with Gasteiger partial charge in [0.1, 0.15) is 12.3 Å². The van der Waals surface area contributed by atoms with Gasteiger partial charge in [-0.2, -0.15) is 0 Å². The van der Waals surface area contributed by atoms with E-state index < -0.39 is 5.91 Å². The molecule has 0 saturated heterocycles. The normalized spacial score (nSPS) is 13.2. The van der Waals surface area contributed by atoms with Crippen molar-refractivity contribution >= 4 is 46.4 Å². The molecular weight excluding hydrogens is 351 g/mol. The van der Waals surface area contributed by atoms with Crippen molar-refractivity contribution in [1.29, 1.82) is 0 Å². The first kappa shape index (κ1) is 16.4. The number of anilines is 1. The summed E-state index contributed by atoms with van der Waals surface area (Å²) in [7, 11) is 0. The average molecular weight is 363 g/mol. The topological polar surface area (TPSA) is 69.6 Å². The lowest BCUT2D eigenvalue weighted by atomic mass is 10.1. The minimum absolute atomic E-state index is 0.115. The van der Waals surface area contributed by atoms with E-state index in [1.807, 2.05) is 0 Å². The van der Waals surface area contributed by atoms with Gasteiger partial charge in [0, 0.05) is 22.9 Å². The highest BCUT2D eigenvalue weighted by molar-refractivity contribution is 6.42. The summed E-state index contributed by atoms with van der Waals surface area (Å²) in [5, 5.41) is 12.7. The van der Waals surface area contributed by atoms with E-state index >= 15 is 0 Å². The lowest BCUT2D eigenvalue weighted by Gasteiger charge is -2.17. The molecule has 2 aromatic carbocycles. The van der Waals surface area contributed by atoms with Crippen LogP contribution in [-0.2, 0) is 4.79 Å². The Labute approximate surface area is 148 Å². The first-order valence-corrected chi connectivity index (χ1v) is 7.72. The maximum Gasteiger partial charge on any atom is 0.259 e. The fourth-order valence-corrected chi connectivity index (χ4v) is 2.79. The zero-order valence-electron chi connectivity index (χ0n) is 12.3. The second-order valence-electron chi connectivity index (χ2n) is 5.22. The number of carbonyl (C=O) groups excluding carboxylic acids is 2. The van der Waals surface area contributed by atoms with Crippen molar-refractivity contribution in [3.05, 3.63) is 64.1 Å². The zero-order chi connectivity index (χ0) is 17.4. The summed E-state index contributed by atoms with van der Waals surface area (Å²) in [5.74, 6) is -0.997. The molecule has 0 atom stereocenters. The smallest absolute Gasteiger partial charge is 0.259 e. The Kier molecular flexibility index (Phi) is 4.22. The first-order valence-electron chi connectivity index (χ1n) is 6.96. The van der Waals surface area contributed by atoms with Gasteiger partial charge in [-0.05, 0) is 12.1 Å². The number of hydrogen-bond donors (Lipinski definition) is 2. The lowest BCUT2D eigenvalue weighted by Crippen LogP contribution is -2.32. The molecule has 0 fully saturated rings. The molecule has 1 aliphatic heterocycles. The minimum atomic E-state index is -0.494. The number of hydrogen-bond acceptors (Lipinski definition) is 3. The van der Waals surface area contributed by atoms with Crippen LogP contribution in [0.3, 0.4) is 0 Å². The number of benzene rings is 2. The summed E-state index contributed by atoms with van der Waals surface area (Å²) in [6.45, 7) is 3.64. The zero-order valence-corrected chi connectivity index (χ0v) is 13.9. The first-order chi connectivity index (χ1) is 11.4. The second kappa shape index (κ2) is 6.19. The predicted molar refractivity (Wildman–Crippen MR) is 93.3 cm³/mol. The molecule has 2 N–H and O–H groups in total. The standard InChI is InChI=1S/C17H12Cl2N2O3/c1-9-10-4-2-3-5-11(10)17(24)21(9)8-16(23)20-14-6-12(18)13(19)7-15(14)22/h2-7,22H,1,8H2,(H,20,23). The van der Waals surface area contributed by atoms with Gasteiger partial charge in [0.15, 0.2) is 0 Å². The number of phenols is 1. The highest BCUT2D eigenvalue weighted by Crippen LogP contribution is 2.34. The Hall–Kier alpha value is -2.50. The lowest BCUT2D eigenvalue weighted by molar-refractivity contribution is -0.116. The number of carbonyl (C=O) groups is 2. The van der Waals surface area contributed by atoms with Gasteiger partial charge < -0.3 is 10.4 Å². The van der Waals surface area contributed by atoms with Crippen LogP contribution in [0.1, 0.15) is 15.9 Å². The number of aromatic hydroxyl groups is 1. The van der Waals surface area contributed by atoms with Gasteiger partial charge in [-0.15, -0.1) is 0 Å². The molecule has 7 heteroatoms. The molecule has 0 spiro atoms. The van der Waals surface area contributed by atoms with E-state index in [1.54, 1.807) is 24.3 Å². The van der Waals surface area contributed by atoms with E-state index in [0.717, 1.165) is 0 Å². The fraction of sp³-hybridized carbons (Fsp3) is 0.0588. The molecular formula is C17H12Cl2N2O3. The van der Waals surface area contributed by atoms with Gasteiger partial charge in [-0.25, -0.2) is 0 Å². The molecule has 1 aliphatic rings. The number of rotatable bonds is 3. The number of fused-ring (bicyclic) bond motifs is 1. The van der Waals surface area contributed by atoms with Crippen molar-refractivity contribution in [3.63, 3.8) is 0 Å². The van der Waals surface area contributed by atoms with Crippen LogP contribution < -0.4 is 5.32 Å². The molecule has 3 rings (SSSR count). The minimum Gasteiger partial charge on any atom is -0.506 e. The highest BCUT2D eigenvalue weighted by atomic mass is 35.5. The molecule has 0 bridgehead atoms. The van der Waals surface area contributed by atoms with E-state index in [2.05, 4.69) is 11.9 Å². The molecule has 122 valence electrons. The molecule has 2 aromatic rings. The number of amides is 2. The third-order valence-electron chi connectivity index (χ3n) is 3.65. The quantitative estimate of drug-likeness (QED) is 0.816. The Bertz CT molecular complexity index is 845. The van der Waals surface area contributed by atoms with E-state index in [1.165, 1.54) is 17.0 Å². The van der Waals surface area contributed by atoms with Crippen LogP contribution in [0.4, 0.5) is 5.69 Å². The highest BCUT2D eigenvalue weighted by Gasteiger charge is 2.31. The molecule has 5 nitrogen and oxygen atoms in total. The monoisotopic (exact) mass is 362 g/mol. The average Bonchev–Trinajstić information content (AvgIpc) is 2.78. The number of nitrogens with zero attached hydrogens (tertiary/aromatic N) is 1. The summed E-state index contributed by atoms with van der Waals surface area (Å²) in [4.78, 5) is 25.9. The molecule has 0 unspecified atom stereocenters. The molecule has 0 aliphatic carbocycles. The van der Waals surface area contributed by atoms with Crippen molar-refractivity contribution in [2.75, 3.05) is 11.9 Å². The third-order valence-corrected chi connectivity index (χ3v) is 4.38. The second-order valence-corrected chi connectivity index (χ2v) is 6.03. The molecule has 0 aromatic heterocycles. The van der Waals surface area contributed by atoms with Gasteiger partial charge >= 0.3 is 0 Å². The van der Waals surface area contributed by atoms with Crippen molar-refractivity contribution in [2.24, 2.45) is 0 Å². The van der Waals surface area contributed by atoms with Gasteiger partial charge in [0.2, 0.25) is 5.91 Å². The van der Waals surface area contributed by atoms with Crippen molar-refractivity contribution in [3.8, 4) is 5.75 Å². The van der Waals surface area contributed by atoms with Gasteiger partial charge in [0.05, 0.1) is 15.7 Å². The number of halogens is 2. The summed E-state index contributed by atoms with van der Waals surface area (Å²) in [6, 6.07) is 9.58. The van der Waals surface area contributed by atoms with E-state index in [0.29, 0.717) is 16.8 Å². The van der Waals surface area contributed by atoms with Gasteiger partial charge in [0.25, 0.3) is 5.91 Å². The molecule has 2 amide bonds. The third kappa shape index (κ3) is 2.84. The summed E-state index contributed by atoms with van der Waals surface area (Å²) < 4.78 is 0. The van der Waals surface area contributed by atoms with Crippen LogP contribution >= 0.6 is 23.2 Å². The summed E-state index contributed by atoms with van der Waals surface area (Å²) in [6.07, 6.45) is 0. The van der Waals surface area contributed by atoms with Gasteiger partial charge in [-0.3, -0.25) is 14.5 Å². The van der Waals surface area contributed by atoms with Crippen molar-refractivity contribution < 1.29 is 14.7 Å². The predicted octanol–water partition coefficient (Wildman–Crippen LogP) is 3.76. The van der Waals surface area contributed by atoms with Crippen LogP contribution in [-0.4, -0.2) is 28.4 Å². The Morgan fingerprint density at radius 3 is 2.46 bits per heavy atom. The Balaban J connectivity index is 1.76. The summed E-state index contributed by atoms with van der Waals surface area (Å²) >= 11 is 11.7. The van der Waals surface area contributed by atoms with Crippen LogP contribution in [0.15, 0.2) is 43.0 Å². The largest absolute Gasteiger partial charge is 0.506 e. The van der Waals surface area contributed by atoms with E-state index in [4.69, 9.17) is 23.2 Å². The maximum absolute atomic E-state index is 12.4. The SMILES string of the molecule is C=C1c2ccccc2C(=O)N1CC(=O)Nc1cc(Cl)c(Cl)cc1O. The summed E-state index contributed by atoms with van der Waals surface area (Å²) in [5.41, 5.74) is 1.79. The Morgan fingerprint density at radius 2 is 1.79 bits per heavy atom. The molecule has 0 radical (unpaired) electrons. The fourth-order valence-electron chi connectivity index (χ4n) is 2.47. The van der Waals surface area contributed by atoms with E-state index in [9.17, 15) is 14.7 Å². The van der Waals surface area contributed by atoms with Crippen LogP contribution in [0.25, 0.3) is 5.70 Å². The van der Waals surface area contributed by atoms with Crippen LogP contribution in [0.2, 0.25) is 10.0 Å². The van der Waals surface area contributed by atoms with Gasteiger partial charge in [-0.1, -0.05) is 48.0 Å². The Morgan fingerprint density at radius 1 is 1.17 bits per heavy atom. The number of nitrogens with one attached hydrogen (secondary N) is 1. The molecule has 0 saturated carbocycles. The van der Waals surface area contributed by atoms with Crippen molar-refractivity contribution in [2.45, 2.75) is 0 Å². The van der Waals surface area contributed by atoms with E-state index in [-0.39, 0.29) is 33.9 Å². The van der Waals surface area contributed by atoms with Crippen LogP contribution in [0.5, 0.6) is 5.75 Å². The van der Waals surface area contributed by atoms with Crippen molar-refractivity contribution in [1.82, 2.24) is 4.90 Å².